The average molecular weight is 219 g/mol. The maximum atomic E-state index is 11.4. The molecule has 16 heavy (non-hydrogen) atoms. The van der Waals surface area contributed by atoms with Gasteiger partial charge in [-0.25, -0.2) is 0 Å². The van der Waals surface area contributed by atoms with Gasteiger partial charge in [-0.15, -0.1) is 0 Å². The summed E-state index contributed by atoms with van der Waals surface area (Å²) in [4.78, 5) is 11.4. The second-order valence-corrected chi connectivity index (χ2v) is 4.93. The minimum atomic E-state index is -0.328. The fraction of sp³-hybridized carbons (Fsp3) is 0.500. The number of hydrogen-bond acceptors (Lipinski definition) is 1. The Morgan fingerprint density at radius 2 is 1.56 bits per heavy atom. The van der Waals surface area contributed by atoms with E-state index in [1.165, 1.54) is 11.1 Å². The largest absolute Gasteiger partial charge is 0.366 e. The van der Waals surface area contributed by atoms with Gasteiger partial charge in [0.15, 0.2) is 0 Å². The summed E-state index contributed by atoms with van der Waals surface area (Å²) in [5.74, 6) is 0.405. The minimum Gasteiger partial charge on any atom is -0.366 e. The third-order valence-corrected chi connectivity index (χ3v) is 2.93. The van der Waals surface area contributed by atoms with Gasteiger partial charge in [0.05, 0.1) is 0 Å². The van der Waals surface area contributed by atoms with Crippen LogP contribution in [-0.2, 0) is 0 Å². The molecule has 0 atom stereocenters. The van der Waals surface area contributed by atoms with Crippen molar-refractivity contribution in [3.8, 4) is 0 Å². The highest BCUT2D eigenvalue weighted by atomic mass is 16.1. The number of nitrogens with two attached hydrogens (primary N) is 1. The molecule has 1 aromatic rings. The Morgan fingerprint density at radius 1 is 1.06 bits per heavy atom. The average Bonchev–Trinajstić information content (AvgIpc) is 2.15. The van der Waals surface area contributed by atoms with Crippen LogP contribution < -0.4 is 5.73 Å². The van der Waals surface area contributed by atoms with E-state index in [-0.39, 0.29) is 5.91 Å². The molecule has 88 valence electrons. The number of primary amides is 1. The monoisotopic (exact) mass is 219 g/mol. The zero-order valence-corrected chi connectivity index (χ0v) is 10.8. The van der Waals surface area contributed by atoms with Crippen molar-refractivity contribution in [1.82, 2.24) is 0 Å². The molecule has 0 aromatic heterocycles. The molecule has 0 saturated heterocycles. The lowest BCUT2D eigenvalue weighted by molar-refractivity contribution is 0.0999. The SMILES string of the molecule is Cc1ccc(C(N)=O)c(C(C)C)c1C(C)C. The van der Waals surface area contributed by atoms with Gasteiger partial charge in [-0.05, 0) is 41.5 Å². The summed E-state index contributed by atoms with van der Waals surface area (Å²) < 4.78 is 0. The molecule has 0 unspecified atom stereocenters. The van der Waals surface area contributed by atoms with Crippen molar-refractivity contribution in [3.63, 3.8) is 0 Å². The lowest BCUT2D eigenvalue weighted by atomic mass is 9.84. The van der Waals surface area contributed by atoms with E-state index < -0.39 is 0 Å². The lowest BCUT2D eigenvalue weighted by Gasteiger charge is -2.21. The number of rotatable bonds is 3. The van der Waals surface area contributed by atoms with Crippen molar-refractivity contribution in [3.05, 3.63) is 34.4 Å². The molecule has 0 heterocycles. The van der Waals surface area contributed by atoms with Crippen LogP contribution in [0.1, 0.15) is 66.6 Å². The van der Waals surface area contributed by atoms with Gasteiger partial charge in [0.25, 0.3) is 0 Å². The standard InChI is InChI=1S/C14H21NO/c1-8(2)12-10(5)6-7-11(14(15)16)13(12)9(3)4/h6-9H,1-5H3,(H2,15,16). The number of amides is 1. The van der Waals surface area contributed by atoms with Crippen LogP contribution >= 0.6 is 0 Å². The smallest absolute Gasteiger partial charge is 0.248 e. The van der Waals surface area contributed by atoms with Gasteiger partial charge < -0.3 is 5.73 Å². The van der Waals surface area contributed by atoms with Crippen LogP contribution in [0.3, 0.4) is 0 Å². The van der Waals surface area contributed by atoms with Crippen LogP contribution in [0.25, 0.3) is 0 Å². The molecule has 0 aliphatic heterocycles. The zero-order valence-electron chi connectivity index (χ0n) is 10.8. The summed E-state index contributed by atoms with van der Waals surface area (Å²) in [6.07, 6.45) is 0. The molecule has 1 amide bonds. The van der Waals surface area contributed by atoms with E-state index in [0.717, 1.165) is 5.56 Å². The number of hydrogen-bond donors (Lipinski definition) is 1. The first-order valence-electron chi connectivity index (χ1n) is 5.79. The van der Waals surface area contributed by atoms with Crippen LogP contribution in [0.5, 0.6) is 0 Å². The summed E-state index contributed by atoms with van der Waals surface area (Å²) in [6.45, 7) is 10.6. The highest BCUT2D eigenvalue weighted by Crippen LogP contribution is 2.31. The molecule has 1 rings (SSSR count). The Balaban J connectivity index is 3.56. The van der Waals surface area contributed by atoms with Gasteiger partial charge in [0.1, 0.15) is 0 Å². The summed E-state index contributed by atoms with van der Waals surface area (Å²) >= 11 is 0. The Kier molecular flexibility index (Phi) is 3.74. The molecular formula is C14H21NO. The third kappa shape index (κ3) is 2.26. The molecule has 0 bridgehead atoms. The zero-order chi connectivity index (χ0) is 12.5. The molecule has 0 fully saturated rings. The van der Waals surface area contributed by atoms with Crippen molar-refractivity contribution in [2.24, 2.45) is 5.73 Å². The van der Waals surface area contributed by atoms with E-state index in [1.54, 1.807) is 0 Å². The Morgan fingerprint density at radius 3 is 1.94 bits per heavy atom. The first kappa shape index (κ1) is 12.8. The third-order valence-electron chi connectivity index (χ3n) is 2.93. The lowest BCUT2D eigenvalue weighted by Crippen LogP contribution is -2.17. The predicted molar refractivity (Wildman–Crippen MR) is 67.9 cm³/mol. The van der Waals surface area contributed by atoms with E-state index >= 15 is 0 Å². The first-order valence-corrected chi connectivity index (χ1v) is 5.79. The van der Waals surface area contributed by atoms with Crippen LogP contribution in [0, 0.1) is 6.92 Å². The maximum Gasteiger partial charge on any atom is 0.248 e. The van der Waals surface area contributed by atoms with E-state index in [0.29, 0.717) is 17.4 Å². The van der Waals surface area contributed by atoms with Crippen LogP contribution in [0.15, 0.2) is 12.1 Å². The van der Waals surface area contributed by atoms with Gasteiger partial charge in [0, 0.05) is 5.56 Å². The van der Waals surface area contributed by atoms with Crippen LogP contribution in [-0.4, -0.2) is 5.91 Å². The van der Waals surface area contributed by atoms with Gasteiger partial charge in [-0.1, -0.05) is 33.8 Å². The van der Waals surface area contributed by atoms with E-state index in [1.807, 2.05) is 12.1 Å². The molecule has 0 aliphatic rings. The second-order valence-electron chi connectivity index (χ2n) is 4.93. The van der Waals surface area contributed by atoms with Crippen molar-refractivity contribution in [2.45, 2.75) is 46.5 Å². The molecule has 0 radical (unpaired) electrons. The van der Waals surface area contributed by atoms with Crippen LogP contribution in [0.2, 0.25) is 0 Å². The molecule has 0 spiro atoms. The first-order chi connectivity index (χ1) is 7.36. The number of carbonyl (C=O) groups excluding carboxylic acids is 1. The van der Waals surface area contributed by atoms with Crippen molar-refractivity contribution >= 4 is 5.91 Å². The Bertz CT molecular complexity index is 405. The molecule has 0 aliphatic carbocycles. The minimum absolute atomic E-state index is 0.319. The van der Waals surface area contributed by atoms with E-state index in [2.05, 4.69) is 34.6 Å². The summed E-state index contributed by atoms with van der Waals surface area (Å²) in [7, 11) is 0. The van der Waals surface area contributed by atoms with E-state index in [4.69, 9.17) is 5.73 Å². The van der Waals surface area contributed by atoms with Crippen LogP contribution in [0.4, 0.5) is 0 Å². The highest BCUT2D eigenvalue weighted by molar-refractivity contribution is 5.95. The normalized spacial score (nSPS) is 11.2. The van der Waals surface area contributed by atoms with Gasteiger partial charge in [-0.3, -0.25) is 4.79 Å². The highest BCUT2D eigenvalue weighted by Gasteiger charge is 2.19. The topological polar surface area (TPSA) is 43.1 Å². The van der Waals surface area contributed by atoms with Gasteiger partial charge in [0.2, 0.25) is 5.91 Å². The number of benzene rings is 1. The fourth-order valence-electron chi connectivity index (χ4n) is 2.35. The Labute approximate surface area is 97.9 Å². The number of aryl methyl sites for hydroxylation is 1. The summed E-state index contributed by atoms with van der Waals surface area (Å²) in [5.41, 5.74) is 9.73. The van der Waals surface area contributed by atoms with Crippen molar-refractivity contribution < 1.29 is 4.79 Å². The molecule has 2 N–H and O–H groups in total. The second kappa shape index (κ2) is 4.69. The van der Waals surface area contributed by atoms with Crippen molar-refractivity contribution in [2.75, 3.05) is 0 Å². The fourth-order valence-corrected chi connectivity index (χ4v) is 2.35. The predicted octanol–water partition coefficient (Wildman–Crippen LogP) is 3.34. The van der Waals surface area contributed by atoms with Gasteiger partial charge >= 0.3 is 0 Å². The summed E-state index contributed by atoms with van der Waals surface area (Å²) in [5, 5.41) is 0. The van der Waals surface area contributed by atoms with Gasteiger partial charge in [-0.2, -0.15) is 0 Å². The quantitative estimate of drug-likeness (QED) is 0.832. The molecule has 2 nitrogen and oxygen atoms in total. The number of carbonyl (C=O) groups is 1. The Hall–Kier alpha value is -1.31. The van der Waals surface area contributed by atoms with Crippen molar-refractivity contribution in [1.29, 1.82) is 0 Å². The molecular weight excluding hydrogens is 198 g/mol. The van der Waals surface area contributed by atoms with E-state index in [9.17, 15) is 4.79 Å². The molecule has 0 saturated carbocycles. The maximum absolute atomic E-state index is 11.4. The molecule has 2 heteroatoms. The molecule has 1 aromatic carbocycles. The summed E-state index contributed by atoms with van der Waals surface area (Å²) in [6, 6.07) is 3.83.